The van der Waals surface area contributed by atoms with Crippen molar-refractivity contribution in [2.24, 2.45) is 0 Å². The van der Waals surface area contributed by atoms with Crippen LogP contribution in [-0.2, 0) is 6.54 Å². The molecule has 1 aromatic heterocycles. The van der Waals surface area contributed by atoms with Crippen LogP contribution < -0.4 is 5.32 Å². The molecule has 3 nitrogen and oxygen atoms in total. The highest BCUT2D eigenvalue weighted by atomic mass is 15.1. The van der Waals surface area contributed by atoms with Crippen molar-refractivity contribution in [2.45, 2.75) is 38.3 Å². The number of imidazole rings is 1. The van der Waals surface area contributed by atoms with E-state index in [2.05, 4.69) is 45.3 Å². The number of rotatable bonds is 5. The van der Waals surface area contributed by atoms with Gasteiger partial charge >= 0.3 is 0 Å². The summed E-state index contributed by atoms with van der Waals surface area (Å²) in [6.07, 6.45) is 9.41. The molecule has 1 N–H and O–H groups in total. The Kier molecular flexibility index (Phi) is 3.94. The van der Waals surface area contributed by atoms with Crippen LogP contribution in [-0.4, -0.2) is 22.1 Å². The predicted octanol–water partition coefficient (Wildman–Crippen LogP) is 3.08. The zero-order chi connectivity index (χ0) is 12.9. The van der Waals surface area contributed by atoms with Gasteiger partial charge in [-0.15, -0.1) is 0 Å². The van der Waals surface area contributed by atoms with E-state index in [1.807, 2.05) is 12.3 Å². The first-order valence-corrected chi connectivity index (χ1v) is 7.23. The zero-order valence-electron chi connectivity index (χ0n) is 11.3. The van der Waals surface area contributed by atoms with Crippen LogP contribution in [0.25, 0.3) is 11.4 Å². The topological polar surface area (TPSA) is 29.9 Å². The molecule has 1 heterocycles. The van der Waals surface area contributed by atoms with E-state index in [4.69, 9.17) is 0 Å². The first-order valence-electron chi connectivity index (χ1n) is 7.23. The second-order valence-electron chi connectivity index (χ2n) is 5.25. The largest absolute Gasteiger partial charge is 0.330 e. The SMILES string of the molecule is c1ccc(-c2nccn2CCNC2CCCC2)cc1. The van der Waals surface area contributed by atoms with Gasteiger partial charge < -0.3 is 9.88 Å². The van der Waals surface area contributed by atoms with Crippen LogP contribution in [0.5, 0.6) is 0 Å². The highest BCUT2D eigenvalue weighted by molar-refractivity contribution is 5.55. The molecule has 0 amide bonds. The number of benzene rings is 1. The van der Waals surface area contributed by atoms with Crippen LogP contribution in [0.2, 0.25) is 0 Å². The molecule has 0 radical (unpaired) electrons. The third-order valence-electron chi connectivity index (χ3n) is 3.89. The smallest absolute Gasteiger partial charge is 0.139 e. The number of nitrogens with zero attached hydrogens (tertiary/aromatic N) is 2. The molecule has 0 saturated heterocycles. The molecule has 1 aromatic carbocycles. The molecule has 0 atom stereocenters. The molecule has 0 bridgehead atoms. The number of hydrogen-bond donors (Lipinski definition) is 1. The number of hydrogen-bond acceptors (Lipinski definition) is 2. The highest BCUT2D eigenvalue weighted by Gasteiger charge is 2.13. The van der Waals surface area contributed by atoms with E-state index in [0.717, 1.165) is 25.0 Å². The lowest BCUT2D eigenvalue weighted by Gasteiger charge is -2.13. The standard InChI is InChI=1S/C16H21N3/c1-2-6-14(7-3-1)16-18-11-13-19(16)12-10-17-15-8-4-5-9-15/h1-3,6-7,11,13,15,17H,4-5,8-10,12H2. The van der Waals surface area contributed by atoms with Gasteiger partial charge in [-0.2, -0.15) is 0 Å². The summed E-state index contributed by atoms with van der Waals surface area (Å²) in [5.74, 6) is 1.06. The van der Waals surface area contributed by atoms with Gasteiger partial charge in [0.05, 0.1) is 0 Å². The molecule has 1 saturated carbocycles. The minimum absolute atomic E-state index is 0.740. The molecular weight excluding hydrogens is 234 g/mol. The molecule has 1 fully saturated rings. The molecule has 19 heavy (non-hydrogen) atoms. The van der Waals surface area contributed by atoms with Crippen LogP contribution in [0.3, 0.4) is 0 Å². The lowest BCUT2D eigenvalue weighted by atomic mass is 10.2. The van der Waals surface area contributed by atoms with Crippen LogP contribution in [0.4, 0.5) is 0 Å². The Hall–Kier alpha value is -1.61. The van der Waals surface area contributed by atoms with Crippen molar-refractivity contribution in [3.05, 3.63) is 42.7 Å². The van der Waals surface area contributed by atoms with Crippen LogP contribution in [0.15, 0.2) is 42.7 Å². The van der Waals surface area contributed by atoms with Crippen molar-refractivity contribution in [1.82, 2.24) is 14.9 Å². The number of aromatic nitrogens is 2. The fourth-order valence-electron chi connectivity index (χ4n) is 2.86. The molecule has 1 aliphatic carbocycles. The Bertz CT molecular complexity index is 498. The van der Waals surface area contributed by atoms with E-state index in [0.29, 0.717) is 0 Å². The van der Waals surface area contributed by atoms with E-state index in [1.54, 1.807) is 0 Å². The van der Waals surface area contributed by atoms with Gasteiger partial charge in [0.25, 0.3) is 0 Å². The van der Waals surface area contributed by atoms with Gasteiger partial charge in [0, 0.05) is 37.1 Å². The molecule has 1 aliphatic rings. The van der Waals surface area contributed by atoms with E-state index >= 15 is 0 Å². The summed E-state index contributed by atoms with van der Waals surface area (Å²) in [6, 6.07) is 11.1. The van der Waals surface area contributed by atoms with Gasteiger partial charge in [-0.25, -0.2) is 4.98 Å². The lowest BCUT2D eigenvalue weighted by Crippen LogP contribution is -2.29. The van der Waals surface area contributed by atoms with Crippen LogP contribution >= 0.6 is 0 Å². The Labute approximate surface area is 114 Å². The summed E-state index contributed by atoms with van der Waals surface area (Å²) in [6.45, 7) is 2.02. The van der Waals surface area contributed by atoms with Crippen molar-refractivity contribution in [3.8, 4) is 11.4 Å². The highest BCUT2D eigenvalue weighted by Crippen LogP contribution is 2.18. The maximum Gasteiger partial charge on any atom is 0.139 e. The average Bonchev–Trinajstić information content (AvgIpc) is 3.11. The summed E-state index contributed by atoms with van der Waals surface area (Å²) in [7, 11) is 0. The normalized spacial score (nSPS) is 16.0. The lowest BCUT2D eigenvalue weighted by molar-refractivity contribution is 0.498. The summed E-state index contributed by atoms with van der Waals surface area (Å²) in [5.41, 5.74) is 1.19. The third kappa shape index (κ3) is 3.04. The van der Waals surface area contributed by atoms with Gasteiger partial charge in [0.15, 0.2) is 0 Å². The first-order chi connectivity index (χ1) is 9.43. The molecule has 0 spiro atoms. The van der Waals surface area contributed by atoms with E-state index < -0.39 is 0 Å². The Morgan fingerprint density at radius 2 is 1.95 bits per heavy atom. The molecular formula is C16H21N3. The monoisotopic (exact) mass is 255 g/mol. The minimum atomic E-state index is 0.740. The maximum absolute atomic E-state index is 4.47. The Balaban J connectivity index is 1.61. The van der Waals surface area contributed by atoms with Crippen molar-refractivity contribution >= 4 is 0 Å². The zero-order valence-corrected chi connectivity index (χ0v) is 11.3. The second kappa shape index (κ2) is 6.02. The van der Waals surface area contributed by atoms with Gasteiger partial charge in [-0.3, -0.25) is 0 Å². The molecule has 3 rings (SSSR count). The molecule has 0 aliphatic heterocycles. The fraction of sp³-hybridized carbons (Fsp3) is 0.438. The third-order valence-corrected chi connectivity index (χ3v) is 3.89. The van der Waals surface area contributed by atoms with Crippen molar-refractivity contribution < 1.29 is 0 Å². The van der Waals surface area contributed by atoms with E-state index in [9.17, 15) is 0 Å². The summed E-state index contributed by atoms with van der Waals surface area (Å²) >= 11 is 0. The molecule has 0 unspecified atom stereocenters. The Morgan fingerprint density at radius 1 is 1.16 bits per heavy atom. The molecule has 3 heteroatoms. The second-order valence-corrected chi connectivity index (χ2v) is 5.25. The predicted molar refractivity (Wildman–Crippen MR) is 77.9 cm³/mol. The van der Waals surface area contributed by atoms with Gasteiger partial charge in [0.2, 0.25) is 0 Å². The van der Waals surface area contributed by atoms with Crippen LogP contribution in [0, 0.1) is 0 Å². The van der Waals surface area contributed by atoms with Gasteiger partial charge in [-0.05, 0) is 12.8 Å². The fourth-order valence-corrected chi connectivity index (χ4v) is 2.86. The van der Waals surface area contributed by atoms with E-state index in [1.165, 1.54) is 31.2 Å². The van der Waals surface area contributed by atoms with E-state index in [-0.39, 0.29) is 0 Å². The Morgan fingerprint density at radius 3 is 2.74 bits per heavy atom. The van der Waals surface area contributed by atoms with Crippen LogP contribution in [0.1, 0.15) is 25.7 Å². The minimum Gasteiger partial charge on any atom is -0.330 e. The van der Waals surface area contributed by atoms with Crippen molar-refractivity contribution in [3.63, 3.8) is 0 Å². The molecule has 100 valence electrons. The van der Waals surface area contributed by atoms with Gasteiger partial charge in [0.1, 0.15) is 5.82 Å². The quantitative estimate of drug-likeness (QED) is 0.889. The van der Waals surface area contributed by atoms with Crippen molar-refractivity contribution in [1.29, 1.82) is 0 Å². The summed E-state index contributed by atoms with van der Waals surface area (Å²) < 4.78 is 2.23. The van der Waals surface area contributed by atoms with Gasteiger partial charge in [-0.1, -0.05) is 43.2 Å². The first kappa shape index (κ1) is 12.4. The summed E-state index contributed by atoms with van der Waals surface area (Å²) in [5, 5.41) is 3.65. The maximum atomic E-state index is 4.47. The number of nitrogens with one attached hydrogen (secondary N) is 1. The molecule has 2 aromatic rings. The summed E-state index contributed by atoms with van der Waals surface area (Å²) in [4.78, 5) is 4.47. The average molecular weight is 255 g/mol. The van der Waals surface area contributed by atoms with Crippen molar-refractivity contribution in [2.75, 3.05) is 6.54 Å².